The molecule has 0 aromatic heterocycles. The number of benzene rings is 3. The number of nitrogens with one attached hydrogen (secondary N) is 1. The Bertz CT molecular complexity index is 1310. The van der Waals surface area contributed by atoms with Crippen molar-refractivity contribution in [1.82, 2.24) is 0 Å². The summed E-state index contributed by atoms with van der Waals surface area (Å²) in [6.45, 7) is 0. The lowest BCUT2D eigenvalue weighted by atomic mass is 10.0. The van der Waals surface area contributed by atoms with Gasteiger partial charge >= 0.3 is 0 Å². The Hall–Kier alpha value is -4.40. The van der Waals surface area contributed by atoms with Gasteiger partial charge in [-0.1, -0.05) is 12.1 Å². The minimum atomic E-state index is -1.18. The average molecular weight is 466 g/mol. The lowest BCUT2D eigenvalue weighted by Crippen LogP contribution is -2.32. The Balaban J connectivity index is 1.85. The van der Waals surface area contributed by atoms with Crippen molar-refractivity contribution in [1.29, 1.82) is 0 Å². The van der Waals surface area contributed by atoms with Crippen molar-refractivity contribution >= 4 is 28.8 Å². The third-order valence-corrected chi connectivity index (χ3v) is 5.29. The van der Waals surface area contributed by atoms with E-state index in [1.807, 2.05) is 0 Å². The van der Waals surface area contributed by atoms with Crippen molar-refractivity contribution in [3.8, 4) is 17.2 Å². The smallest absolute Gasteiger partial charge is 0.282 e. The van der Waals surface area contributed by atoms with Gasteiger partial charge in [0.1, 0.15) is 22.9 Å². The van der Waals surface area contributed by atoms with Crippen molar-refractivity contribution < 1.29 is 32.6 Å². The molecule has 1 aliphatic rings. The molecule has 0 saturated heterocycles. The molecule has 0 unspecified atom stereocenters. The maximum Gasteiger partial charge on any atom is 0.282 e. The molecular weight excluding hydrogens is 446 g/mol. The fourth-order valence-electron chi connectivity index (χ4n) is 3.58. The predicted octanol–water partition coefficient (Wildman–Crippen LogP) is 4.39. The van der Waals surface area contributed by atoms with E-state index in [0.29, 0.717) is 28.5 Å². The van der Waals surface area contributed by atoms with Crippen molar-refractivity contribution in [2.75, 3.05) is 31.5 Å². The highest BCUT2D eigenvalue weighted by Gasteiger charge is 2.41. The van der Waals surface area contributed by atoms with E-state index in [9.17, 15) is 18.4 Å². The van der Waals surface area contributed by atoms with E-state index >= 15 is 0 Å². The number of anilines is 2. The van der Waals surface area contributed by atoms with E-state index in [0.717, 1.165) is 23.1 Å². The van der Waals surface area contributed by atoms with Crippen molar-refractivity contribution in [2.24, 2.45) is 0 Å². The van der Waals surface area contributed by atoms with Crippen LogP contribution in [0.15, 0.2) is 66.4 Å². The summed E-state index contributed by atoms with van der Waals surface area (Å²) in [5.74, 6) is -2.27. The Morgan fingerprint density at radius 3 is 2.03 bits per heavy atom. The second-order valence-electron chi connectivity index (χ2n) is 7.21. The number of hydrogen-bond donors (Lipinski definition) is 1. The zero-order chi connectivity index (χ0) is 24.4. The van der Waals surface area contributed by atoms with Gasteiger partial charge in [-0.3, -0.25) is 9.59 Å². The fraction of sp³-hybridized carbons (Fsp3) is 0.120. The van der Waals surface area contributed by atoms with Gasteiger partial charge in [-0.05, 0) is 42.0 Å². The molecule has 0 bridgehead atoms. The maximum atomic E-state index is 13.9. The van der Waals surface area contributed by atoms with Gasteiger partial charge in [-0.25, -0.2) is 13.7 Å². The number of imide groups is 1. The third-order valence-electron chi connectivity index (χ3n) is 5.29. The molecule has 34 heavy (non-hydrogen) atoms. The first kappa shape index (κ1) is 22.8. The SMILES string of the molecule is COc1ccc(C2=C(Nc3cc(OC)ccc3OC)C(=O)N(c3ccc(F)c(F)c3)C2=O)cc1. The molecule has 174 valence electrons. The van der Waals surface area contributed by atoms with E-state index in [-0.39, 0.29) is 17.0 Å². The molecule has 0 atom stereocenters. The van der Waals surface area contributed by atoms with Gasteiger partial charge in [0.05, 0.1) is 38.3 Å². The molecule has 0 saturated carbocycles. The number of methoxy groups -OCH3 is 3. The topological polar surface area (TPSA) is 77.1 Å². The molecule has 2 amide bonds. The normalized spacial score (nSPS) is 13.4. The third kappa shape index (κ3) is 4.03. The second-order valence-corrected chi connectivity index (χ2v) is 7.21. The quantitative estimate of drug-likeness (QED) is 0.521. The molecule has 3 aromatic rings. The molecule has 0 radical (unpaired) electrons. The van der Waals surface area contributed by atoms with Gasteiger partial charge < -0.3 is 19.5 Å². The van der Waals surface area contributed by atoms with Crippen molar-refractivity contribution in [3.63, 3.8) is 0 Å². The number of amides is 2. The minimum Gasteiger partial charge on any atom is -0.497 e. The first-order valence-electron chi connectivity index (χ1n) is 10.1. The van der Waals surface area contributed by atoms with Crippen LogP contribution in [0.5, 0.6) is 17.2 Å². The molecule has 0 aliphatic carbocycles. The largest absolute Gasteiger partial charge is 0.497 e. The lowest BCUT2D eigenvalue weighted by Gasteiger charge is -2.16. The Kier molecular flexibility index (Phi) is 6.18. The number of halogens is 2. The molecule has 4 rings (SSSR count). The number of hydrogen-bond acceptors (Lipinski definition) is 6. The molecule has 7 nitrogen and oxygen atoms in total. The number of carbonyl (C=O) groups is 2. The molecule has 1 heterocycles. The molecule has 1 N–H and O–H groups in total. The fourth-order valence-corrected chi connectivity index (χ4v) is 3.58. The zero-order valence-corrected chi connectivity index (χ0v) is 18.5. The lowest BCUT2D eigenvalue weighted by molar-refractivity contribution is -0.120. The highest BCUT2D eigenvalue weighted by molar-refractivity contribution is 6.46. The number of ether oxygens (including phenoxy) is 3. The average Bonchev–Trinajstić information content (AvgIpc) is 3.09. The van der Waals surface area contributed by atoms with Gasteiger partial charge in [0.2, 0.25) is 0 Å². The van der Waals surface area contributed by atoms with Crippen LogP contribution in [-0.2, 0) is 9.59 Å². The zero-order valence-electron chi connectivity index (χ0n) is 18.5. The van der Waals surface area contributed by atoms with E-state index < -0.39 is 23.4 Å². The standard InChI is InChI=1S/C25H20F2N2O5/c1-32-16-7-4-14(5-8-16)22-23(28-20-13-17(33-2)9-11-21(20)34-3)25(31)29(24(22)30)15-6-10-18(26)19(27)12-15/h4-13,28H,1-3H3. The monoisotopic (exact) mass is 466 g/mol. The summed E-state index contributed by atoms with van der Waals surface area (Å²) in [4.78, 5) is 27.7. The van der Waals surface area contributed by atoms with Crippen LogP contribution >= 0.6 is 0 Å². The first-order chi connectivity index (χ1) is 16.4. The summed E-state index contributed by atoms with van der Waals surface area (Å²) in [5.41, 5.74) is 0.674. The van der Waals surface area contributed by atoms with E-state index in [1.165, 1.54) is 21.3 Å². The van der Waals surface area contributed by atoms with Crippen LogP contribution in [-0.4, -0.2) is 33.1 Å². The number of rotatable bonds is 7. The van der Waals surface area contributed by atoms with E-state index in [1.54, 1.807) is 42.5 Å². The highest BCUT2D eigenvalue weighted by atomic mass is 19.2. The molecule has 3 aromatic carbocycles. The van der Waals surface area contributed by atoms with Crippen LogP contribution < -0.4 is 24.4 Å². The molecular formula is C25H20F2N2O5. The summed E-state index contributed by atoms with van der Waals surface area (Å²) >= 11 is 0. The summed E-state index contributed by atoms with van der Waals surface area (Å²) in [7, 11) is 4.45. The van der Waals surface area contributed by atoms with Gasteiger partial charge in [-0.15, -0.1) is 0 Å². The Morgan fingerprint density at radius 2 is 1.41 bits per heavy atom. The Morgan fingerprint density at radius 1 is 0.735 bits per heavy atom. The van der Waals surface area contributed by atoms with Crippen molar-refractivity contribution in [3.05, 3.63) is 83.6 Å². The van der Waals surface area contributed by atoms with Crippen LogP contribution in [0.1, 0.15) is 5.56 Å². The van der Waals surface area contributed by atoms with Gasteiger partial charge in [0.25, 0.3) is 11.8 Å². The maximum absolute atomic E-state index is 13.9. The highest BCUT2D eigenvalue weighted by Crippen LogP contribution is 2.37. The minimum absolute atomic E-state index is 0.0438. The summed E-state index contributed by atoms with van der Waals surface area (Å²) in [6.07, 6.45) is 0. The summed E-state index contributed by atoms with van der Waals surface area (Å²) in [6, 6.07) is 14.3. The number of carbonyl (C=O) groups excluding carboxylic acids is 2. The first-order valence-corrected chi connectivity index (χ1v) is 10.1. The summed E-state index contributed by atoms with van der Waals surface area (Å²) < 4.78 is 43.2. The summed E-state index contributed by atoms with van der Waals surface area (Å²) in [5, 5.41) is 2.98. The molecule has 0 spiro atoms. The van der Waals surface area contributed by atoms with Gasteiger partial charge in [0.15, 0.2) is 11.6 Å². The number of nitrogens with zero attached hydrogens (tertiary/aromatic N) is 1. The molecule has 9 heteroatoms. The molecule has 1 aliphatic heterocycles. The Labute approximate surface area is 194 Å². The van der Waals surface area contributed by atoms with Gasteiger partial charge in [0, 0.05) is 12.1 Å². The second kappa shape index (κ2) is 9.22. The van der Waals surface area contributed by atoms with Gasteiger partial charge in [-0.2, -0.15) is 0 Å². The van der Waals surface area contributed by atoms with Crippen LogP contribution in [0, 0.1) is 11.6 Å². The van der Waals surface area contributed by atoms with Crippen LogP contribution in [0.25, 0.3) is 5.57 Å². The van der Waals surface area contributed by atoms with Crippen molar-refractivity contribution in [2.45, 2.75) is 0 Å². The predicted molar refractivity (Wildman–Crippen MR) is 122 cm³/mol. The van der Waals surface area contributed by atoms with Crippen LogP contribution in [0.4, 0.5) is 20.2 Å². The van der Waals surface area contributed by atoms with Crippen LogP contribution in [0.2, 0.25) is 0 Å². The van der Waals surface area contributed by atoms with E-state index in [2.05, 4.69) is 5.32 Å². The van der Waals surface area contributed by atoms with E-state index in [4.69, 9.17) is 14.2 Å². The molecule has 0 fully saturated rings. The van der Waals surface area contributed by atoms with Crippen LogP contribution in [0.3, 0.4) is 0 Å².